The molecule has 0 bridgehead atoms. The third-order valence-electron chi connectivity index (χ3n) is 3.63. The average molecular weight is 327 g/mol. The van der Waals surface area contributed by atoms with Gasteiger partial charge in [-0.1, -0.05) is 64.5 Å². The van der Waals surface area contributed by atoms with Crippen LogP contribution in [0.1, 0.15) is 22.8 Å². The largest absolute Gasteiger partial charge is 0.384 e. The number of benzene rings is 3. The molecule has 0 saturated carbocycles. The van der Waals surface area contributed by atoms with Gasteiger partial charge in [-0.05, 0) is 46.5 Å². The van der Waals surface area contributed by atoms with Crippen LogP contribution in [0.3, 0.4) is 0 Å². The van der Waals surface area contributed by atoms with Crippen molar-refractivity contribution in [3.63, 3.8) is 0 Å². The first-order valence-electron chi connectivity index (χ1n) is 6.58. The van der Waals surface area contributed by atoms with E-state index in [1.807, 2.05) is 42.5 Å². The highest BCUT2D eigenvalue weighted by Gasteiger charge is 2.14. The van der Waals surface area contributed by atoms with E-state index in [4.69, 9.17) is 0 Å². The number of halogens is 1. The van der Waals surface area contributed by atoms with Crippen LogP contribution in [0.25, 0.3) is 10.8 Å². The van der Waals surface area contributed by atoms with Crippen molar-refractivity contribution in [3.05, 3.63) is 81.8 Å². The average Bonchev–Trinajstić information content (AvgIpc) is 2.47. The molecule has 1 nitrogen and oxygen atoms in total. The predicted octanol–water partition coefficient (Wildman–Crippen LogP) is 4.99. The second-order valence-electron chi connectivity index (χ2n) is 4.97. The third-order valence-corrected chi connectivity index (χ3v) is 4.13. The number of rotatable bonds is 2. The van der Waals surface area contributed by atoms with E-state index in [0.717, 1.165) is 21.0 Å². The summed E-state index contributed by atoms with van der Waals surface area (Å²) >= 11 is 3.45. The van der Waals surface area contributed by atoms with Crippen LogP contribution in [0.5, 0.6) is 0 Å². The Labute approximate surface area is 127 Å². The standard InChI is InChI=1S/C18H15BrO/c1-12-9-10-17(16-8-3-2-7-15(12)16)18(20)13-5-4-6-14(19)11-13/h2-11,18,20H,1H3. The summed E-state index contributed by atoms with van der Waals surface area (Å²) in [6.07, 6.45) is -0.613. The van der Waals surface area contributed by atoms with Gasteiger partial charge < -0.3 is 5.11 Å². The Morgan fingerprint density at radius 3 is 2.40 bits per heavy atom. The van der Waals surface area contributed by atoms with Crippen molar-refractivity contribution < 1.29 is 5.11 Å². The van der Waals surface area contributed by atoms with E-state index in [1.54, 1.807) is 0 Å². The van der Waals surface area contributed by atoms with Crippen LogP contribution in [-0.2, 0) is 0 Å². The van der Waals surface area contributed by atoms with Crippen molar-refractivity contribution in [3.8, 4) is 0 Å². The maximum absolute atomic E-state index is 10.7. The number of hydrogen-bond donors (Lipinski definition) is 1. The highest BCUT2D eigenvalue weighted by Crippen LogP contribution is 2.31. The molecule has 0 fully saturated rings. The fourth-order valence-electron chi connectivity index (χ4n) is 2.57. The van der Waals surface area contributed by atoms with Crippen LogP contribution < -0.4 is 0 Å². The van der Waals surface area contributed by atoms with E-state index < -0.39 is 6.10 Å². The first kappa shape index (κ1) is 13.3. The van der Waals surface area contributed by atoms with Crippen LogP contribution in [0.2, 0.25) is 0 Å². The summed E-state index contributed by atoms with van der Waals surface area (Å²) in [6.45, 7) is 2.09. The maximum Gasteiger partial charge on any atom is 0.105 e. The molecule has 0 aromatic heterocycles. The Balaban J connectivity index is 2.17. The molecule has 0 spiro atoms. The van der Waals surface area contributed by atoms with E-state index >= 15 is 0 Å². The Hall–Kier alpha value is -1.64. The van der Waals surface area contributed by atoms with E-state index in [9.17, 15) is 5.11 Å². The molecule has 0 amide bonds. The van der Waals surface area contributed by atoms with E-state index in [1.165, 1.54) is 10.9 Å². The fraction of sp³-hybridized carbons (Fsp3) is 0.111. The summed E-state index contributed by atoms with van der Waals surface area (Å²) in [4.78, 5) is 0. The first-order chi connectivity index (χ1) is 9.66. The number of hydrogen-bond acceptors (Lipinski definition) is 1. The van der Waals surface area contributed by atoms with Gasteiger partial charge in [-0.15, -0.1) is 0 Å². The van der Waals surface area contributed by atoms with Gasteiger partial charge in [0.05, 0.1) is 0 Å². The van der Waals surface area contributed by atoms with Crippen molar-refractivity contribution in [1.82, 2.24) is 0 Å². The molecule has 3 aromatic rings. The molecule has 20 heavy (non-hydrogen) atoms. The molecular formula is C18H15BrO. The zero-order valence-corrected chi connectivity index (χ0v) is 12.8. The maximum atomic E-state index is 10.7. The number of fused-ring (bicyclic) bond motifs is 1. The van der Waals surface area contributed by atoms with Gasteiger partial charge in [-0.3, -0.25) is 0 Å². The highest BCUT2D eigenvalue weighted by molar-refractivity contribution is 9.10. The Morgan fingerprint density at radius 1 is 0.900 bits per heavy atom. The molecule has 0 saturated heterocycles. The molecule has 1 N–H and O–H groups in total. The summed E-state index contributed by atoms with van der Waals surface area (Å²) in [5.74, 6) is 0. The SMILES string of the molecule is Cc1ccc(C(O)c2cccc(Br)c2)c2ccccc12. The van der Waals surface area contributed by atoms with Crippen molar-refractivity contribution in [2.24, 2.45) is 0 Å². The number of aliphatic hydroxyl groups is 1. The van der Waals surface area contributed by atoms with Crippen LogP contribution in [0.4, 0.5) is 0 Å². The van der Waals surface area contributed by atoms with E-state index in [2.05, 4.69) is 41.1 Å². The van der Waals surface area contributed by atoms with Gasteiger partial charge in [0.1, 0.15) is 6.10 Å². The van der Waals surface area contributed by atoms with Gasteiger partial charge in [0.15, 0.2) is 0 Å². The lowest BCUT2D eigenvalue weighted by molar-refractivity contribution is 0.222. The molecule has 3 aromatic carbocycles. The first-order valence-corrected chi connectivity index (χ1v) is 7.38. The zero-order valence-electron chi connectivity index (χ0n) is 11.2. The van der Waals surface area contributed by atoms with Gasteiger partial charge in [-0.25, -0.2) is 0 Å². The quantitative estimate of drug-likeness (QED) is 0.703. The van der Waals surface area contributed by atoms with Gasteiger partial charge >= 0.3 is 0 Å². The highest BCUT2D eigenvalue weighted by atomic mass is 79.9. The zero-order chi connectivity index (χ0) is 14.1. The van der Waals surface area contributed by atoms with Crippen molar-refractivity contribution in [1.29, 1.82) is 0 Å². The minimum absolute atomic E-state index is 0.613. The molecule has 0 heterocycles. The summed E-state index contributed by atoms with van der Waals surface area (Å²) < 4.78 is 0.977. The summed E-state index contributed by atoms with van der Waals surface area (Å²) in [7, 11) is 0. The van der Waals surface area contributed by atoms with E-state index in [-0.39, 0.29) is 0 Å². The molecule has 0 aliphatic heterocycles. The lowest BCUT2D eigenvalue weighted by Gasteiger charge is -2.15. The lowest BCUT2D eigenvalue weighted by atomic mass is 9.94. The van der Waals surface area contributed by atoms with Crippen LogP contribution >= 0.6 is 15.9 Å². The molecular weight excluding hydrogens is 312 g/mol. The summed E-state index contributed by atoms with van der Waals surface area (Å²) in [5.41, 5.74) is 3.07. The number of aliphatic hydroxyl groups excluding tert-OH is 1. The predicted molar refractivity (Wildman–Crippen MR) is 86.9 cm³/mol. The van der Waals surface area contributed by atoms with Crippen molar-refractivity contribution in [2.45, 2.75) is 13.0 Å². The van der Waals surface area contributed by atoms with Gasteiger partial charge in [-0.2, -0.15) is 0 Å². The second-order valence-corrected chi connectivity index (χ2v) is 5.89. The van der Waals surface area contributed by atoms with Crippen molar-refractivity contribution in [2.75, 3.05) is 0 Å². The smallest absolute Gasteiger partial charge is 0.105 e. The Morgan fingerprint density at radius 2 is 1.65 bits per heavy atom. The molecule has 2 heteroatoms. The topological polar surface area (TPSA) is 20.2 Å². The fourth-order valence-corrected chi connectivity index (χ4v) is 2.98. The van der Waals surface area contributed by atoms with Gasteiger partial charge in [0, 0.05) is 4.47 Å². The Bertz CT molecular complexity index is 764. The van der Waals surface area contributed by atoms with Crippen LogP contribution in [0.15, 0.2) is 65.1 Å². The van der Waals surface area contributed by atoms with Crippen LogP contribution in [0, 0.1) is 6.92 Å². The Kier molecular flexibility index (Phi) is 3.60. The lowest BCUT2D eigenvalue weighted by Crippen LogP contribution is -2.01. The third kappa shape index (κ3) is 2.37. The number of aryl methyl sites for hydroxylation is 1. The molecule has 0 aliphatic carbocycles. The summed E-state index contributed by atoms with van der Waals surface area (Å²) in [5, 5.41) is 13.0. The molecule has 3 rings (SSSR count). The molecule has 100 valence electrons. The molecule has 0 aliphatic rings. The van der Waals surface area contributed by atoms with Crippen molar-refractivity contribution >= 4 is 26.7 Å². The van der Waals surface area contributed by atoms with Gasteiger partial charge in [0.25, 0.3) is 0 Å². The normalized spacial score (nSPS) is 12.6. The van der Waals surface area contributed by atoms with Crippen LogP contribution in [-0.4, -0.2) is 5.11 Å². The molecule has 1 unspecified atom stereocenters. The minimum atomic E-state index is -0.613. The molecule has 1 atom stereocenters. The summed E-state index contributed by atoms with van der Waals surface area (Å²) in [6, 6.07) is 20.1. The monoisotopic (exact) mass is 326 g/mol. The van der Waals surface area contributed by atoms with Gasteiger partial charge in [0.2, 0.25) is 0 Å². The second kappa shape index (κ2) is 5.39. The molecule has 0 radical (unpaired) electrons. The minimum Gasteiger partial charge on any atom is -0.384 e. The van der Waals surface area contributed by atoms with E-state index in [0.29, 0.717) is 0 Å².